The molecule has 2 aromatic rings. The molecule has 0 aliphatic heterocycles. The van der Waals surface area contributed by atoms with Crippen LogP contribution in [0, 0.1) is 5.92 Å². The van der Waals surface area contributed by atoms with Crippen molar-refractivity contribution in [2.75, 3.05) is 0 Å². The molecule has 0 bridgehead atoms. The zero-order chi connectivity index (χ0) is 16.1. The SMILES string of the molecule is CC(C)[C@@H](NC(=O)c1ccc(Cl)s1)C(=O)NCc1ncn[nH]1. The lowest BCUT2D eigenvalue weighted by atomic mass is 10.0. The van der Waals surface area contributed by atoms with Crippen LogP contribution < -0.4 is 10.6 Å². The fraction of sp³-hybridized carbons (Fsp3) is 0.385. The Kier molecular flexibility index (Phi) is 5.51. The van der Waals surface area contributed by atoms with Gasteiger partial charge in [0.15, 0.2) is 0 Å². The van der Waals surface area contributed by atoms with E-state index >= 15 is 0 Å². The Hall–Kier alpha value is -1.93. The molecule has 0 saturated heterocycles. The van der Waals surface area contributed by atoms with Gasteiger partial charge in [-0.25, -0.2) is 4.98 Å². The molecule has 22 heavy (non-hydrogen) atoms. The summed E-state index contributed by atoms with van der Waals surface area (Å²) in [6.07, 6.45) is 1.36. The molecule has 0 aromatic carbocycles. The number of aromatic nitrogens is 3. The summed E-state index contributed by atoms with van der Waals surface area (Å²) in [5.41, 5.74) is 0. The second-order valence-electron chi connectivity index (χ2n) is 4.95. The Bertz CT molecular complexity index is 641. The van der Waals surface area contributed by atoms with Crippen LogP contribution in [0.2, 0.25) is 4.34 Å². The van der Waals surface area contributed by atoms with Crippen LogP contribution >= 0.6 is 22.9 Å². The number of thiophene rings is 1. The summed E-state index contributed by atoms with van der Waals surface area (Å²) >= 11 is 6.99. The van der Waals surface area contributed by atoms with Gasteiger partial charge in [0.25, 0.3) is 5.91 Å². The van der Waals surface area contributed by atoms with Crippen LogP contribution in [0.4, 0.5) is 0 Å². The highest BCUT2D eigenvalue weighted by Gasteiger charge is 2.25. The normalized spacial score (nSPS) is 12.2. The first-order valence-electron chi connectivity index (χ1n) is 6.65. The molecule has 0 radical (unpaired) electrons. The zero-order valence-electron chi connectivity index (χ0n) is 12.1. The molecular formula is C13H16ClN5O2S. The summed E-state index contributed by atoms with van der Waals surface area (Å²) in [7, 11) is 0. The molecule has 0 fully saturated rings. The van der Waals surface area contributed by atoms with Gasteiger partial charge in [0.2, 0.25) is 5.91 Å². The van der Waals surface area contributed by atoms with Crippen LogP contribution in [0.5, 0.6) is 0 Å². The first-order chi connectivity index (χ1) is 10.5. The molecule has 2 amide bonds. The maximum absolute atomic E-state index is 12.2. The van der Waals surface area contributed by atoms with Gasteiger partial charge in [-0.3, -0.25) is 14.7 Å². The first kappa shape index (κ1) is 16.4. The van der Waals surface area contributed by atoms with Crippen molar-refractivity contribution in [3.8, 4) is 0 Å². The smallest absolute Gasteiger partial charge is 0.262 e. The topological polar surface area (TPSA) is 99.8 Å². The summed E-state index contributed by atoms with van der Waals surface area (Å²) in [6, 6.07) is 2.64. The van der Waals surface area contributed by atoms with Crippen LogP contribution in [-0.4, -0.2) is 33.0 Å². The molecule has 7 nitrogen and oxygen atoms in total. The van der Waals surface area contributed by atoms with Crippen molar-refractivity contribution >= 4 is 34.8 Å². The summed E-state index contributed by atoms with van der Waals surface area (Å²) in [6.45, 7) is 3.95. The van der Waals surface area contributed by atoms with E-state index in [2.05, 4.69) is 25.8 Å². The number of amides is 2. The number of nitrogens with one attached hydrogen (secondary N) is 3. The van der Waals surface area contributed by atoms with Crippen LogP contribution in [-0.2, 0) is 11.3 Å². The third kappa shape index (κ3) is 4.28. The molecule has 0 unspecified atom stereocenters. The van der Waals surface area contributed by atoms with Crippen LogP contribution in [0.15, 0.2) is 18.5 Å². The lowest BCUT2D eigenvalue weighted by molar-refractivity contribution is -0.124. The van der Waals surface area contributed by atoms with Crippen LogP contribution in [0.3, 0.4) is 0 Å². The maximum Gasteiger partial charge on any atom is 0.262 e. The predicted octanol–water partition coefficient (Wildman–Crippen LogP) is 1.59. The van der Waals surface area contributed by atoms with Gasteiger partial charge in [0, 0.05) is 0 Å². The molecule has 118 valence electrons. The van der Waals surface area contributed by atoms with E-state index in [-0.39, 0.29) is 24.3 Å². The second kappa shape index (κ2) is 7.37. The number of hydrogen-bond acceptors (Lipinski definition) is 5. The van der Waals surface area contributed by atoms with E-state index in [1.807, 2.05) is 13.8 Å². The van der Waals surface area contributed by atoms with Gasteiger partial charge < -0.3 is 10.6 Å². The van der Waals surface area contributed by atoms with E-state index in [0.29, 0.717) is 15.0 Å². The number of hydrogen-bond donors (Lipinski definition) is 3. The van der Waals surface area contributed by atoms with Crippen molar-refractivity contribution in [1.82, 2.24) is 25.8 Å². The third-order valence-electron chi connectivity index (χ3n) is 2.93. The highest BCUT2D eigenvalue weighted by Crippen LogP contribution is 2.21. The molecule has 0 aliphatic carbocycles. The molecule has 3 N–H and O–H groups in total. The molecule has 2 heterocycles. The number of aromatic amines is 1. The van der Waals surface area contributed by atoms with Gasteiger partial charge in [-0.2, -0.15) is 5.10 Å². The first-order valence-corrected chi connectivity index (χ1v) is 7.85. The number of halogens is 1. The molecule has 0 aliphatic rings. The third-order valence-corrected chi connectivity index (χ3v) is 4.16. The Morgan fingerprint density at radius 3 is 2.73 bits per heavy atom. The summed E-state index contributed by atoms with van der Waals surface area (Å²) in [5, 5.41) is 11.8. The summed E-state index contributed by atoms with van der Waals surface area (Å²) in [4.78, 5) is 28.8. The van der Waals surface area contributed by atoms with Crippen molar-refractivity contribution in [1.29, 1.82) is 0 Å². The van der Waals surface area contributed by atoms with E-state index in [1.165, 1.54) is 17.7 Å². The Labute approximate surface area is 136 Å². The minimum atomic E-state index is -0.642. The molecule has 2 aromatic heterocycles. The minimum absolute atomic E-state index is 0.0610. The van der Waals surface area contributed by atoms with Gasteiger partial charge >= 0.3 is 0 Å². The monoisotopic (exact) mass is 341 g/mol. The van der Waals surface area contributed by atoms with Crippen molar-refractivity contribution in [3.05, 3.63) is 33.5 Å². The fourth-order valence-corrected chi connectivity index (χ4v) is 2.73. The lowest BCUT2D eigenvalue weighted by Gasteiger charge is -2.21. The Balaban J connectivity index is 1.96. The molecule has 9 heteroatoms. The number of carbonyl (C=O) groups is 2. The molecule has 1 atom stereocenters. The van der Waals surface area contributed by atoms with Crippen molar-refractivity contribution < 1.29 is 9.59 Å². The number of rotatable bonds is 6. The highest BCUT2D eigenvalue weighted by molar-refractivity contribution is 7.18. The van der Waals surface area contributed by atoms with E-state index in [9.17, 15) is 9.59 Å². The van der Waals surface area contributed by atoms with Crippen LogP contribution in [0.1, 0.15) is 29.3 Å². The van der Waals surface area contributed by atoms with Crippen LogP contribution in [0.25, 0.3) is 0 Å². The van der Waals surface area contributed by atoms with Crippen molar-refractivity contribution in [3.63, 3.8) is 0 Å². The van der Waals surface area contributed by atoms with E-state index < -0.39 is 6.04 Å². The van der Waals surface area contributed by atoms with E-state index in [4.69, 9.17) is 11.6 Å². The largest absolute Gasteiger partial charge is 0.347 e. The maximum atomic E-state index is 12.2. The van der Waals surface area contributed by atoms with Gasteiger partial charge in [-0.05, 0) is 18.1 Å². The Morgan fingerprint density at radius 1 is 1.41 bits per heavy atom. The quantitative estimate of drug-likeness (QED) is 0.742. The second-order valence-corrected chi connectivity index (χ2v) is 6.66. The molecule has 0 spiro atoms. The van der Waals surface area contributed by atoms with Gasteiger partial charge in [0.05, 0.1) is 15.8 Å². The number of H-pyrrole nitrogens is 1. The number of carbonyl (C=O) groups excluding carboxylic acids is 2. The Morgan fingerprint density at radius 2 is 2.18 bits per heavy atom. The van der Waals surface area contributed by atoms with Gasteiger partial charge in [-0.1, -0.05) is 25.4 Å². The van der Waals surface area contributed by atoms with E-state index in [0.717, 1.165) is 0 Å². The lowest BCUT2D eigenvalue weighted by Crippen LogP contribution is -2.49. The fourth-order valence-electron chi connectivity index (χ4n) is 1.78. The van der Waals surface area contributed by atoms with E-state index in [1.54, 1.807) is 12.1 Å². The average molecular weight is 342 g/mol. The molecular weight excluding hydrogens is 326 g/mol. The minimum Gasteiger partial charge on any atom is -0.347 e. The molecule has 0 saturated carbocycles. The number of nitrogens with zero attached hydrogens (tertiary/aromatic N) is 2. The molecule has 2 rings (SSSR count). The van der Waals surface area contributed by atoms with Crippen molar-refractivity contribution in [2.24, 2.45) is 5.92 Å². The van der Waals surface area contributed by atoms with Gasteiger partial charge in [-0.15, -0.1) is 11.3 Å². The standard InChI is InChI=1S/C13H16ClN5O2S/c1-7(2)11(13(21)15-5-10-16-6-17-19-10)18-12(20)8-3-4-9(14)22-8/h3-4,6-7,11H,5H2,1-2H3,(H,15,21)(H,18,20)(H,16,17,19)/t11-/m1/s1. The zero-order valence-corrected chi connectivity index (χ0v) is 13.7. The average Bonchev–Trinajstić information content (AvgIpc) is 3.12. The summed E-state index contributed by atoms with van der Waals surface area (Å²) in [5.74, 6) is -0.103. The van der Waals surface area contributed by atoms with Crippen molar-refractivity contribution in [2.45, 2.75) is 26.4 Å². The predicted molar refractivity (Wildman–Crippen MR) is 83.7 cm³/mol. The highest BCUT2D eigenvalue weighted by atomic mass is 35.5. The van der Waals surface area contributed by atoms with Gasteiger partial charge in [0.1, 0.15) is 18.2 Å². The summed E-state index contributed by atoms with van der Waals surface area (Å²) < 4.78 is 0.529.